The van der Waals surface area contributed by atoms with Crippen molar-refractivity contribution in [3.8, 4) is 0 Å². The Morgan fingerprint density at radius 1 is 1.33 bits per heavy atom. The van der Waals surface area contributed by atoms with Crippen molar-refractivity contribution in [2.75, 3.05) is 18.5 Å². The lowest BCUT2D eigenvalue weighted by atomic mass is 10.1. The van der Waals surface area contributed by atoms with Gasteiger partial charge in [-0.2, -0.15) is 0 Å². The smallest absolute Gasteiger partial charge is 0.0648 e. The van der Waals surface area contributed by atoms with E-state index in [1.54, 1.807) is 0 Å². The van der Waals surface area contributed by atoms with Gasteiger partial charge >= 0.3 is 0 Å². The average molecular weight is 291 g/mol. The van der Waals surface area contributed by atoms with Crippen molar-refractivity contribution in [3.05, 3.63) is 27.7 Å². The lowest BCUT2D eigenvalue weighted by molar-refractivity contribution is 0.0904. The molecule has 1 heterocycles. The average Bonchev–Trinajstić information content (AvgIpc) is 2.24. The van der Waals surface area contributed by atoms with Crippen LogP contribution in [0, 0.1) is 0 Å². The molecule has 0 aliphatic carbocycles. The molecule has 0 radical (unpaired) electrons. The van der Waals surface area contributed by atoms with E-state index in [9.17, 15) is 0 Å². The van der Waals surface area contributed by atoms with Gasteiger partial charge in [-0.05, 0) is 31.0 Å². The standard InChI is InChI=1S/C11H13BrClNO/c12-8-1-2-11(10(13)7-8)14-9-3-5-15-6-4-9/h1-2,7,9,14H,3-6H2. The Balaban J connectivity index is 2.03. The molecule has 1 saturated heterocycles. The van der Waals surface area contributed by atoms with Crippen molar-refractivity contribution < 1.29 is 4.74 Å². The Morgan fingerprint density at radius 2 is 2.07 bits per heavy atom. The van der Waals surface area contributed by atoms with Gasteiger partial charge in [-0.1, -0.05) is 27.5 Å². The van der Waals surface area contributed by atoms with Crippen LogP contribution in [0.4, 0.5) is 5.69 Å². The lowest BCUT2D eigenvalue weighted by Crippen LogP contribution is -2.27. The van der Waals surface area contributed by atoms with E-state index in [0.717, 1.165) is 41.2 Å². The van der Waals surface area contributed by atoms with Crippen molar-refractivity contribution in [2.45, 2.75) is 18.9 Å². The minimum absolute atomic E-state index is 0.484. The molecule has 1 aromatic carbocycles. The summed E-state index contributed by atoms with van der Waals surface area (Å²) in [5.74, 6) is 0. The van der Waals surface area contributed by atoms with Crippen LogP contribution < -0.4 is 5.32 Å². The Bertz CT molecular complexity index is 339. The van der Waals surface area contributed by atoms with Gasteiger partial charge in [-0.3, -0.25) is 0 Å². The number of anilines is 1. The van der Waals surface area contributed by atoms with E-state index in [-0.39, 0.29) is 0 Å². The second kappa shape index (κ2) is 5.19. The largest absolute Gasteiger partial charge is 0.381 e. The van der Waals surface area contributed by atoms with Crippen molar-refractivity contribution in [3.63, 3.8) is 0 Å². The second-order valence-corrected chi connectivity index (χ2v) is 4.98. The maximum Gasteiger partial charge on any atom is 0.0648 e. The molecule has 1 N–H and O–H groups in total. The Hall–Kier alpha value is -0.250. The van der Waals surface area contributed by atoms with E-state index in [0.29, 0.717) is 6.04 Å². The molecule has 0 unspecified atom stereocenters. The first kappa shape index (κ1) is 11.2. The molecule has 0 saturated carbocycles. The first-order valence-corrected chi connectivity index (χ1v) is 6.22. The molecule has 1 aliphatic heterocycles. The van der Waals surface area contributed by atoms with Crippen molar-refractivity contribution in [1.29, 1.82) is 0 Å². The Kier molecular flexibility index (Phi) is 3.89. The normalized spacial score (nSPS) is 17.7. The predicted molar refractivity (Wildman–Crippen MR) is 66.6 cm³/mol. The molecular formula is C11H13BrClNO. The van der Waals surface area contributed by atoms with Crippen LogP contribution in [-0.2, 0) is 4.74 Å². The summed E-state index contributed by atoms with van der Waals surface area (Å²) in [6.07, 6.45) is 2.10. The van der Waals surface area contributed by atoms with E-state index in [2.05, 4.69) is 21.2 Å². The van der Waals surface area contributed by atoms with Gasteiger partial charge in [0.15, 0.2) is 0 Å². The van der Waals surface area contributed by atoms with Crippen LogP contribution in [-0.4, -0.2) is 19.3 Å². The van der Waals surface area contributed by atoms with Crippen LogP contribution in [0.5, 0.6) is 0 Å². The molecule has 2 nitrogen and oxygen atoms in total. The molecular weight excluding hydrogens is 277 g/mol. The molecule has 0 aromatic heterocycles. The third kappa shape index (κ3) is 3.10. The van der Waals surface area contributed by atoms with Crippen molar-refractivity contribution >= 4 is 33.2 Å². The van der Waals surface area contributed by atoms with E-state index >= 15 is 0 Å². The maximum absolute atomic E-state index is 6.12. The van der Waals surface area contributed by atoms with Gasteiger partial charge in [0.25, 0.3) is 0 Å². The molecule has 4 heteroatoms. The monoisotopic (exact) mass is 289 g/mol. The summed E-state index contributed by atoms with van der Waals surface area (Å²) in [5, 5.41) is 4.20. The fraction of sp³-hybridized carbons (Fsp3) is 0.455. The molecule has 0 amide bonds. The van der Waals surface area contributed by atoms with Crippen LogP contribution in [0.25, 0.3) is 0 Å². The quantitative estimate of drug-likeness (QED) is 0.897. The minimum atomic E-state index is 0.484. The summed E-state index contributed by atoms with van der Waals surface area (Å²) in [6, 6.07) is 6.39. The van der Waals surface area contributed by atoms with Crippen LogP contribution in [0.3, 0.4) is 0 Å². The summed E-state index contributed by atoms with van der Waals surface area (Å²) in [4.78, 5) is 0. The number of hydrogen-bond acceptors (Lipinski definition) is 2. The highest BCUT2D eigenvalue weighted by Gasteiger charge is 2.14. The van der Waals surface area contributed by atoms with E-state index < -0.39 is 0 Å². The maximum atomic E-state index is 6.12. The molecule has 1 aliphatic rings. The highest BCUT2D eigenvalue weighted by Crippen LogP contribution is 2.27. The van der Waals surface area contributed by atoms with Gasteiger partial charge in [0.05, 0.1) is 10.7 Å². The number of halogens is 2. The number of nitrogens with one attached hydrogen (secondary N) is 1. The van der Waals surface area contributed by atoms with Crippen molar-refractivity contribution in [2.24, 2.45) is 0 Å². The van der Waals surface area contributed by atoms with Crippen LogP contribution >= 0.6 is 27.5 Å². The predicted octanol–water partition coefficient (Wildman–Crippen LogP) is 3.69. The number of ether oxygens (including phenoxy) is 1. The number of rotatable bonds is 2. The molecule has 1 fully saturated rings. The topological polar surface area (TPSA) is 21.3 Å². The van der Waals surface area contributed by atoms with Crippen molar-refractivity contribution in [1.82, 2.24) is 0 Å². The Morgan fingerprint density at radius 3 is 2.73 bits per heavy atom. The molecule has 0 bridgehead atoms. The summed E-state index contributed by atoms with van der Waals surface area (Å²) in [7, 11) is 0. The summed E-state index contributed by atoms with van der Waals surface area (Å²) >= 11 is 9.51. The molecule has 0 spiro atoms. The summed E-state index contributed by atoms with van der Waals surface area (Å²) < 4.78 is 6.31. The number of hydrogen-bond donors (Lipinski definition) is 1. The van der Waals surface area contributed by atoms with Gasteiger partial charge < -0.3 is 10.1 Å². The minimum Gasteiger partial charge on any atom is -0.381 e. The molecule has 15 heavy (non-hydrogen) atoms. The first-order chi connectivity index (χ1) is 7.25. The zero-order valence-electron chi connectivity index (χ0n) is 8.30. The van der Waals surface area contributed by atoms with Crippen LogP contribution in [0.2, 0.25) is 5.02 Å². The van der Waals surface area contributed by atoms with Crippen LogP contribution in [0.15, 0.2) is 22.7 Å². The van der Waals surface area contributed by atoms with Gasteiger partial charge in [0, 0.05) is 23.7 Å². The summed E-state index contributed by atoms with van der Waals surface area (Å²) in [5.41, 5.74) is 1.01. The van der Waals surface area contributed by atoms with E-state index in [4.69, 9.17) is 16.3 Å². The highest BCUT2D eigenvalue weighted by molar-refractivity contribution is 9.10. The fourth-order valence-corrected chi connectivity index (χ4v) is 2.40. The highest BCUT2D eigenvalue weighted by atomic mass is 79.9. The lowest BCUT2D eigenvalue weighted by Gasteiger charge is -2.24. The first-order valence-electron chi connectivity index (χ1n) is 5.05. The third-order valence-electron chi connectivity index (χ3n) is 2.51. The van der Waals surface area contributed by atoms with Crippen LogP contribution in [0.1, 0.15) is 12.8 Å². The van der Waals surface area contributed by atoms with Gasteiger partial charge in [-0.15, -0.1) is 0 Å². The molecule has 0 atom stereocenters. The molecule has 82 valence electrons. The van der Waals surface area contributed by atoms with Gasteiger partial charge in [-0.25, -0.2) is 0 Å². The number of benzene rings is 1. The third-order valence-corrected chi connectivity index (χ3v) is 3.32. The van der Waals surface area contributed by atoms with Gasteiger partial charge in [0.1, 0.15) is 0 Å². The summed E-state index contributed by atoms with van der Waals surface area (Å²) in [6.45, 7) is 1.68. The second-order valence-electron chi connectivity index (χ2n) is 3.66. The Labute approximate surface area is 103 Å². The van der Waals surface area contributed by atoms with E-state index in [1.807, 2.05) is 18.2 Å². The zero-order chi connectivity index (χ0) is 10.7. The SMILES string of the molecule is Clc1cc(Br)ccc1NC1CCOCC1. The molecule has 1 aromatic rings. The molecule has 2 rings (SSSR count). The van der Waals surface area contributed by atoms with Gasteiger partial charge in [0.2, 0.25) is 0 Å². The van der Waals surface area contributed by atoms with E-state index in [1.165, 1.54) is 0 Å². The fourth-order valence-electron chi connectivity index (χ4n) is 1.67. The zero-order valence-corrected chi connectivity index (χ0v) is 10.6.